The quantitative estimate of drug-likeness (QED) is 0.144. The van der Waals surface area contributed by atoms with Crippen molar-refractivity contribution in [1.82, 2.24) is 15.5 Å². The van der Waals surface area contributed by atoms with Crippen LogP contribution in [0.2, 0.25) is 0 Å². The minimum absolute atomic E-state index is 0.0157. The molecule has 0 radical (unpaired) electrons. The van der Waals surface area contributed by atoms with Gasteiger partial charge in [0.1, 0.15) is 23.9 Å². The number of phenols is 1. The zero-order valence-corrected chi connectivity index (χ0v) is 20.1. The molecule has 14 nitrogen and oxygen atoms in total. The van der Waals surface area contributed by atoms with Gasteiger partial charge >= 0.3 is 5.97 Å². The number of carboxylic acids is 1. The van der Waals surface area contributed by atoms with Gasteiger partial charge < -0.3 is 42.9 Å². The Morgan fingerprint density at radius 1 is 0.973 bits per heavy atom. The van der Waals surface area contributed by atoms with Crippen LogP contribution in [0.25, 0.3) is 0 Å². The lowest BCUT2D eigenvalue weighted by atomic mass is 10.0. The van der Waals surface area contributed by atoms with Crippen molar-refractivity contribution in [3.05, 3.63) is 29.8 Å². The van der Waals surface area contributed by atoms with Crippen LogP contribution in [-0.4, -0.2) is 81.3 Å². The summed E-state index contributed by atoms with van der Waals surface area (Å²) in [5.74, 6) is -5.20. The third kappa shape index (κ3) is 8.75. The average Bonchev–Trinajstić information content (AvgIpc) is 3.32. The molecule has 4 unspecified atom stereocenters. The highest BCUT2D eigenvalue weighted by atomic mass is 16.4. The van der Waals surface area contributed by atoms with E-state index in [1.54, 1.807) is 0 Å². The van der Waals surface area contributed by atoms with Gasteiger partial charge in [0.15, 0.2) is 0 Å². The maximum absolute atomic E-state index is 13.3. The Morgan fingerprint density at radius 2 is 1.59 bits per heavy atom. The largest absolute Gasteiger partial charge is 0.508 e. The van der Waals surface area contributed by atoms with Crippen molar-refractivity contribution in [3.63, 3.8) is 0 Å². The second kappa shape index (κ2) is 13.2. The van der Waals surface area contributed by atoms with Crippen LogP contribution in [0, 0.1) is 0 Å². The first-order chi connectivity index (χ1) is 17.4. The number of nitrogens with one attached hydrogen (secondary N) is 2. The SMILES string of the molecule is NC(=O)CCC(N)C(=O)NC(CC(N)=O)C(=O)NC(Cc1ccc(O)cc1)C(=O)N1CCCC1C(=O)O. The number of hydrogen-bond acceptors (Lipinski definition) is 8. The number of likely N-dealkylation sites (tertiary alicyclic amines) is 1. The monoisotopic (exact) mass is 520 g/mol. The van der Waals surface area contributed by atoms with E-state index in [1.165, 1.54) is 24.3 Å². The number of primary amides is 2. The van der Waals surface area contributed by atoms with Gasteiger partial charge in [-0.2, -0.15) is 0 Å². The van der Waals surface area contributed by atoms with Crippen molar-refractivity contribution in [2.24, 2.45) is 17.2 Å². The number of aromatic hydroxyl groups is 1. The lowest BCUT2D eigenvalue weighted by Crippen LogP contribution is -2.58. The van der Waals surface area contributed by atoms with Crippen LogP contribution < -0.4 is 27.8 Å². The highest BCUT2D eigenvalue weighted by Gasteiger charge is 2.38. The number of nitrogens with zero attached hydrogens (tertiary/aromatic N) is 1. The molecule has 4 atom stereocenters. The van der Waals surface area contributed by atoms with E-state index in [1.807, 2.05) is 0 Å². The number of carboxylic acid groups (broad SMARTS) is 1. The first-order valence-corrected chi connectivity index (χ1v) is 11.6. The lowest BCUT2D eigenvalue weighted by Gasteiger charge is -2.29. The van der Waals surface area contributed by atoms with Crippen LogP contribution in [0.4, 0.5) is 0 Å². The maximum Gasteiger partial charge on any atom is 0.326 e. The number of rotatable bonds is 13. The summed E-state index contributed by atoms with van der Waals surface area (Å²) in [6.07, 6.45) is -0.230. The third-order valence-corrected chi connectivity index (χ3v) is 5.89. The van der Waals surface area contributed by atoms with E-state index in [2.05, 4.69) is 10.6 Å². The Bertz CT molecular complexity index is 1030. The van der Waals surface area contributed by atoms with Crippen LogP contribution in [0.1, 0.15) is 37.7 Å². The zero-order valence-electron chi connectivity index (χ0n) is 20.1. The first-order valence-electron chi connectivity index (χ1n) is 11.6. The highest BCUT2D eigenvalue weighted by Crippen LogP contribution is 2.20. The molecule has 14 heteroatoms. The number of phenolic OH excluding ortho intramolecular Hbond substituents is 1. The smallest absolute Gasteiger partial charge is 0.326 e. The number of nitrogens with two attached hydrogens (primary N) is 3. The van der Waals surface area contributed by atoms with Gasteiger partial charge in [-0.05, 0) is 37.0 Å². The Kier molecular flexibility index (Phi) is 10.4. The fourth-order valence-corrected chi connectivity index (χ4v) is 3.95. The molecule has 0 spiro atoms. The molecule has 1 fully saturated rings. The van der Waals surface area contributed by atoms with Crippen molar-refractivity contribution in [2.45, 2.75) is 62.7 Å². The van der Waals surface area contributed by atoms with Crippen LogP contribution in [0.5, 0.6) is 5.75 Å². The van der Waals surface area contributed by atoms with Crippen molar-refractivity contribution in [1.29, 1.82) is 0 Å². The summed E-state index contributed by atoms with van der Waals surface area (Å²) in [6, 6.07) is 0.821. The maximum atomic E-state index is 13.3. The molecular weight excluding hydrogens is 488 g/mol. The van der Waals surface area contributed by atoms with E-state index >= 15 is 0 Å². The highest BCUT2D eigenvalue weighted by molar-refractivity contribution is 5.96. The number of carbonyl (C=O) groups excluding carboxylic acids is 5. The summed E-state index contributed by atoms with van der Waals surface area (Å²) in [5, 5.41) is 23.8. The second-order valence-electron chi connectivity index (χ2n) is 8.80. The molecule has 1 aliphatic heterocycles. The molecule has 0 bridgehead atoms. The van der Waals surface area contributed by atoms with Crippen molar-refractivity contribution < 1.29 is 39.0 Å². The zero-order chi connectivity index (χ0) is 27.7. The van der Waals surface area contributed by atoms with E-state index in [4.69, 9.17) is 17.2 Å². The minimum atomic E-state index is -1.49. The fraction of sp³-hybridized carbons (Fsp3) is 0.478. The van der Waals surface area contributed by atoms with Crippen LogP contribution >= 0.6 is 0 Å². The normalized spacial score (nSPS) is 17.3. The van der Waals surface area contributed by atoms with Gasteiger partial charge in [-0.3, -0.25) is 24.0 Å². The number of carbonyl (C=O) groups is 6. The lowest BCUT2D eigenvalue weighted by molar-refractivity contribution is -0.149. The van der Waals surface area contributed by atoms with Gasteiger partial charge in [0, 0.05) is 19.4 Å². The van der Waals surface area contributed by atoms with E-state index in [-0.39, 0.29) is 38.0 Å². The Morgan fingerprint density at radius 3 is 2.16 bits per heavy atom. The molecule has 10 N–H and O–H groups in total. The number of hydrogen-bond donors (Lipinski definition) is 7. The summed E-state index contributed by atoms with van der Waals surface area (Å²) < 4.78 is 0. The molecule has 0 aromatic heterocycles. The topological polar surface area (TPSA) is 248 Å². The van der Waals surface area contributed by atoms with E-state index in [9.17, 15) is 39.0 Å². The van der Waals surface area contributed by atoms with Crippen molar-refractivity contribution in [3.8, 4) is 5.75 Å². The van der Waals surface area contributed by atoms with Gasteiger partial charge in [-0.25, -0.2) is 4.79 Å². The minimum Gasteiger partial charge on any atom is -0.508 e. The standard InChI is InChI=1S/C23H32N6O8/c24-14(7-8-18(25)31)20(33)27-15(11-19(26)32)21(34)28-16(10-12-3-5-13(30)6-4-12)22(35)29-9-1-2-17(29)23(36)37/h3-6,14-17,30H,1-2,7-11,24H2,(H2,25,31)(H2,26,32)(H,27,33)(H,28,34)(H,36,37). The molecule has 1 heterocycles. The van der Waals surface area contributed by atoms with Crippen molar-refractivity contribution >= 4 is 35.5 Å². The summed E-state index contributed by atoms with van der Waals surface area (Å²) >= 11 is 0. The summed E-state index contributed by atoms with van der Waals surface area (Å²) in [4.78, 5) is 74.2. The Hall–Kier alpha value is -4.20. The Balaban J connectivity index is 2.25. The van der Waals surface area contributed by atoms with E-state index in [0.29, 0.717) is 12.0 Å². The Labute approximate surface area is 212 Å². The van der Waals surface area contributed by atoms with Crippen LogP contribution in [-0.2, 0) is 35.2 Å². The summed E-state index contributed by atoms with van der Waals surface area (Å²) in [6.45, 7) is 0.175. The molecule has 202 valence electrons. The van der Waals surface area contributed by atoms with Crippen LogP contribution in [0.3, 0.4) is 0 Å². The van der Waals surface area contributed by atoms with Gasteiger partial charge in [-0.1, -0.05) is 12.1 Å². The predicted molar refractivity (Wildman–Crippen MR) is 128 cm³/mol. The second-order valence-corrected chi connectivity index (χ2v) is 8.80. The van der Waals surface area contributed by atoms with Crippen molar-refractivity contribution in [2.75, 3.05) is 6.54 Å². The van der Waals surface area contributed by atoms with Crippen LogP contribution in [0.15, 0.2) is 24.3 Å². The predicted octanol–water partition coefficient (Wildman–Crippen LogP) is -2.55. The number of amides is 5. The number of benzene rings is 1. The molecular formula is C23H32N6O8. The molecule has 1 saturated heterocycles. The third-order valence-electron chi connectivity index (χ3n) is 5.89. The van der Waals surface area contributed by atoms with Gasteiger partial charge in [0.05, 0.1) is 12.5 Å². The van der Waals surface area contributed by atoms with Gasteiger partial charge in [-0.15, -0.1) is 0 Å². The molecule has 37 heavy (non-hydrogen) atoms. The first kappa shape index (κ1) is 29.0. The molecule has 2 rings (SSSR count). The summed E-state index contributed by atoms with van der Waals surface area (Å²) in [5.41, 5.74) is 16.6. The van der Waals surface area contributed by atoms with E-state index < -0.39 is 66.1 Å². The molecule has 0 saturated carbocycles. The molecule has 1 aromatic rings. The molecule has 5 amide bonds. The fourth-order valence-electron chi connectivity index (χ4n) is 3.95. The summed E-state index contributed by atoms with van der Waals surface area (Å²) in [7, 11) is 0. The molecule has 1 aromatic carbocycles. The molecule has 1 aliphatic rings. The average molecular weight is 521 g/mol. The number of aliphatic carboxylic acids is 1. The van der Waals surface area contributed by atoms with Gasteiger partial charge in [0.2, 0.25) is 29.5 Å². The molecule has 0 aliphatic carbocycles. The van der Waals surface area contributed by atoms with E-state index in [0.717, 1.165) is 4.90 Å². The van der Waals surface area contributed by atoms with Gasteiger partial charge in [0.25, 0.3) is 0 Å².